The summed E-state index contributed by atoms with van der Waals surface area (Å²) in [4.78, 5) is 14.4. The largest absolute Gasteiger partial charge is 0.496 e. The summed E-state index contributed by atoms with van der Waals surface area (Å²) in [6, 6.07) is 15.1. The van der Waals surface area contributed by atoms with Gasteiger partial charge >= 0.3 is 0 Å². The number of anilines is 1. The fraction of sp³-hybridized carbons (Fsp3) is 0.174. The van der Waals surface area contributed by atoms with E-state index in [-0.39, 0.29) is 5.91 Å². The Kier molecular flexibility index (Phi) is 5.80. The maximum Gasteiger partial charge on any atom is 0.281 e. The summed E-state index contributed by atoms with van der Waals surface area (Å²) >= 11 is 11.7. The molecule has 8 heteroatoms. The van der Waals surface area contributed by atoms with E-state index in [0.717, 1.165) is 34.0 Å². The van der Waals surface area contributed by atoms with Crippen LogP contribution in [-0.4, -0.2) is 27.9 Å². The SMILES string of the molecule is COc1ccc(/C=C2/NC(=S)N(c3ccccc3)C2=O)cc1Cn1nc(C)c(Cl)c1C. The monoisotopic (exact) mass is 452 g/mol. The molecule has 1 fully saturated rings. The first kappa shape index (κ1) is 21.1. The number of carbonyl (C=O) groups excluding carboxylic acids is 1. The van der Waals surface area contributed by atoms with Gasteiger partial charge in [0.2, 0.25) is 0 Å². The highest BCUT2D eigenvalue weighted by atomic mass is 35.5. The number of hydrogen-bond acceptors (Lipinski definition) is 4. The van der Waals surface area contributed by atoms with Crippen LogP contribution >= 0.6 is 23.8 Å². The Bertz CT molecular complexity index is 1200. The molecule has 0 spiro atoms. The zero-order valence-corrected chi connectivity index (χ0v) is 18.9. The van der Waals surface area contributed by atoms with E-state index >= 15 is 0 Å². The predicted molar refractivity (Wildman–Crippen MR) is 126 cm³/mol. The molecule has 0 radical (unpaired) electrons. The van der Waals surface area contributed by atoms with E-state index in [9.17, 15) is 4.79 Å². The molecule has 0 atom stereocenters. The highest BCUT2D eigenvalue weighted by Gasteiger charge is 2.31. The van der Waals surface area contributed by atoms with Gasteiger partial charge < -0.3 is 10.1 Å². The molecule has 1 aromatic heterocycles. The summed E-state index contributed by atoms with van der Waals surface area (Å²) in [5.74, 6) is 0.539. The van der Waals surface area contributed by atoms with E-state index in [1.807, 2.05) is 67.1 Å². The molecule has 0 unspecified atom stereocenters. The van der Waals surface area contributed by atoms with Crippen LogP contribution in [0.15, 0.2) is 54.2 Å². The summed E-state index contributed by atoms with van der Waals surface area (Å²) in [6.45, 7) is 4.30. The number of ether oxygens (including phenoxy) is 1. The number of para-hydroxylation sites is 1. The van der Waals surface area contributed by atoms with Crippen molar-refractivity contribution in [1.29, 1.82) is 0 Å². The van der Waals surface area contributed by atoms with Crippen LogP contribution in [0.4, 0.5) is 5.69 Å². The molecule has 2 heterocycles. The minimum Gasteiger partial charge on any atom is -0.496 e. The number of rotatable bonds is 5. The second-order valence-electron chi connectivity index (χ2n) is 7.18. The molecule has 1 aliphatic heterocycles. The average Bonchev–Trinajstić information content (AvgIpc) is 3.18. The maximum atomic E-state index is 13.0. The van der Waals surface area contributed by atoms with Gasteiger partial charge in [0, 0.05) is 5.56 Å². The number of thiocarbonyl (C=S) groups is 1. The first-order valence-electron chi connectivity index (χ1n) is 9.67. The van der Waals surface area contributed by atoms with Crippen LogP contribution in [0.5, 0.6) is 5.75 Å². The lowest BCUT2D eigenvalue weighted by molar-refractivity contribution is -0.113. The number of aromatic nitrogens is 2. The molecule has 4 rings (SSSR count). The van der Waals surface area contributed by atoms with Gasteiger partial charge in [0.25, 0.3) is 5.91 Å². The van der Waals surface area contributed by atoms with Crippen LogP contribution in [0, 0.1) is 13.8 Å². The Balaban J connectivity index is 1.65. The van der Waals surface area contributed by atoms with Crippen LogP contribution in [0.1, 0.15) is 22.5 Å². The number of hydrogen-bond donors (Lipinski definition) is 1. The van der Waals surface area contributed by atoms with Crippen molar-refractivity contribution in [3.63, 3.8) is 0 Å². The summed E-state index contributed by atoms with van der Waals surface area (Å²) in [7, 11) is 1.63. The van der Waals surface area contributed by atoms with E-state index in [1.54, 1.807) is 13.2 Å². The molecule has 1 amide bonds. The van der Waals surface area contributed by atoms with Gasteiger partial charge in [-0.3, -0.25) is 14.4 Å². The van der Waals surface area contributed by atoms with Gasteiger partial charge in [0.1, 0.15) is 11.4 Å². The third-order valence-electron chi connectivity index (χ3n) is 5.12. The topological polar surface area (TPSA) is 59.4 Å². The lowest BCUT2D eigenvalue weighted by Gasteiger charge is -2.13. The van der Waals surface area contributed by atoms with E-state index in [4.69, 9.17) is 28.6 Å². The van der Waals surface area contributed by atoms with Crippen LogP contribution in [0.3, 0.4) is 0 Å². The van der Waals surface area contributed by atoms with E-state index in [1.165, 1.54) is 4.90 Å². The van der Waals surface area contributed by atoms with Gasteiger partial charge in [-0.1, -0.05) is 35.9 Å². The van der Waals surface area contributed by atoms with E-state index in [0.29, 0.717) is 22.4 Å². The van der Waals surface area contributed by atoms with Crippen LogP contribution in [0.25, 0.3) is 6.08 Å². The molecule has 1 saturated heterocycles. The average molecular weight is 453 g/mol. The standard InChI is InChI=1S/C23H21ClN4O2S/c1-14-21(24)15(2)27(26-14)13-17-11-16(9-10-20(17)30-3)12-19-22(29)28(23(31)25-19)18-7-5-4-6-8-18/h4-12H,13H2,1-3H3,(H,25,31)/b19-12+. The third-order valence-corrected chi connectivity index (χ3v) is 5.95. The van der Waals surface area contributed by atoms with Crippen molar-refractivity contribution in [2.75, 3.05) is 12.0 Å². The maximum absolute atomic E-state index is 13.0. The Hall–Kier alpha value is -3.16. The van der Waals surface area contributed by atoms with Gasteiger partial charge in [-0.05, 0) is 62.0 Å². The molecule has 0 saturated carbocycles. The lowest BCUT2D eigenvalue weighted by Crippen LogP contribution is -2.30. The molecule has 1 N–H and O–H groups in total. The van der Waals surface area contributed by atoms with Crippen molar-refractivity contribution in [3.8, 4) is 5.75 Å². The Morgan fingerprint density at radius 3 is 2.58 bits per heavy atom. The normalized spacial score (nSPS) is 15.0. The predicted octanol–water partition coefficient (Wildman–Crippen LogP) is 4.47. The number of nitrogens with zero attached hydrogens (tertiary/aromatic N) is 3. The molecule has 31 heavy (non-hydrogen) atoms. The minimum atomic E-state index is -0.195. The molecule has 1 aliphatic rings. The van der Waals surface area contributed by atoms with Crippen molar-refractivity contribution in [1.82, 2.24) is 15.1 Å². The van der Waals surface area contributed by atoms with Crippen molar-refractivity contribution in [2.45, 2.75) is 20.4 Å². The zero-order chi connectivity index (χ0) is 22.1. The summed E-state index contributed by atoms with van der Waals surface area (Å²) in [5.41, 5.74) is 4.58. The van der Waals surface area contributed by atoms with Gasteiger partial charge in [-0.25, -0.2) is 0 Å². The second-order valence-corrected chi connectivity index (χ2v) is 7.94. The number of amides is 1. The van der Waals surface area contributed by atoms with Crippen LogP contribution in [-0.2, 0) is 11.3 Å². The fourth-order valence-corrected chi connectivity index (χ4v) is 3.95. The molecule has 0 aliphatic carbocycles. The zero-order valence-electron chi connectivity index (χ0n) is 17.3. The van der Waals surface area contributed by atoms with Crippen LogP contribution in [0.2, 0.25) is 5.02 Å². The lowest BCUT2D eigenvalue weighted by atomic mass is 10.1. The van der Waals surface area contributed by atoms with Gasteiger partial charge in [0.05, 0.1) is 35.8 Å². The minimum absolute atomic E-state index is 0.195. The summed E-state index contributed by atoms with van der Waals surface area (Å²) in [5, 5.41) is 8.54. The number of carbonyl (C=O) groups is 1. The molecule has 0 bridgehead atoms. The quantitative estimate of drug-likeness (QED) is 0.457. The Morgan fingerprint density at radius 1 is 1.19 bits per heavy atom. The van der Waals surface area contributed by atoms with Crippen molar-refractivity contribution < 1.29 is 9.53 Å². The molecule has 6 nitrogen and oxygen atoms in total. The first-order chi connectivity index (χ1) is 14.9. The van der Waals surface area contributed by atoms with Gasteiger partial charge in [-0.15, -0.1) is 0 Å². The molecule has 158 valence electrons. The Labute approximate surface area is 191 Å². The molecular weight excluding hydrogens is 432 g/mol. The fourth-order valence-electron chi connectivity index (χ4n) is 3.52. The second kappa shape index (κ2) is 8.53. The first-order valence-corrected chi connectivity index (χ1v) is 10.5. The van der Waals surface area contributed by atoms with Crippen molar-refractivity contribution >= 4 is 46.6 Å². The number of methoxy groups -OCH3 is 1. The van der Waals surface area contributed by atoms with Crippen molar-refractivity contribution in [2.24, 2.45) is 0 Å². The van der Waals surface area contributed by atoms with Crippen molar-refractivity contribution in [3.05, 3.63) is 81.8 Å². The number of halogens is 1. The van der Waals surface area contributed by atoms with Gasteiger partial charge in [-0.2, -0.15) is 5.10 Å². The smallest absolute Gasteiger partial charge is 0.281 e. The Morgan fingerprint density at radius 2 is 1.94 bits per heavy atom. The number of aryl methyl sites for hydroxylation is 1. The number of nitrogens with one attached hydrogen (secondary N) is 1. The number of benzene rings is 2. The summed E-state index contributed by atoms with van der Waals surface area (Å²) < 4.78 is 7.37. The van der Waals surface area contributed by atoms with E-state index < -0.39 is 0 Å². The van der Waals surface area contributed by atoms with Crippen LogP contribution < -0.4 is 15.0 Å². The van der Waals surface area contributed by atoms with Gasteiger partial charge in [0.15, 0.2) is 5.11 Å². The third kappa shape index (κ3) is 4.06. The summed E-state index contributed by atoms with van der Waals surface area (Å²) in [6.07, 6.45) is 1.79. The molecule has 3 aromatic rings. The highest BCUT2D eigenvalue weighted by molar-refractivity contribution is 7.80. The highest BCUT2D eigenvalue weighted by Crippen LogP contribution is 2.27. The van der Waals surface area contributed by atoms with E-state index in [2.05, 4.69) is 10.4 Å². The molecular formula is C23H21ClN4O2S. The molecule has 2 aromatic carbocycles.